The van der Waals surface area contributed by atoms with Gasteiger partial charge in [0.05, 0.1) is 12.4 Å². The van der Waals surface area contributed by atoms with Crippen molar-refractivity contribution in [3.05, 3.63) is 42.5 Å². The Bertz CT molecular complexity index is 980. The van der Waals surface area contributed by atoms with Crippen LogP contribution in [-0.4, -0.2) is 70.3 Å². The maximum atomic E-state index is 13.2. The fourth-order valence-corrected chi connectivity index (χ4v) is 5.53. The van der Waals surface area contributed by atoms with Crippen molar-refractivity contribution in [1.29, 1.82) is 0 Å². The lowest BCUT2D eigenvalue weighted by atomic mass is 10.1. The van der Waals surface area contributed by atoms with Gasteiger partial charge in [0.1, 0.15) is 6.04 Å². The van der Waals surface area contributed by atoms with Crippen molar-refractivity contribution in [3.63, 3.8) is 0 Å². The molecule has 1 fully saturated rings. The second kappa shape index (κ2) is 23.4. The molecule has 0 aliphatic carbocycles. The lowest BCUT2D eigenvalue weighted by Crippen LogP contribution is -2.51. The Labute approximate surface area is 265 Å². The molecule has 10 nitrogen and oxygen atoms in total. The molecule has 3 amide bonds. The lowest BCUT2D eigenvalue weighted by Gasteiger charge is -2.26. The van der Waals surface area contributed by atoms with Gasteiger partial charge in [-0.1, -0.05) is 69.8 Å². The summed E-state index contributed by atoms with van der Waals surface area (Å²) in [7, 11) is 0. The van der Waals surface area contributed by atoms with Crippen LogP contribution >= 0.6 is 0 Å². The maximum absolute atomic E-state index is 13.2. The number of allylic oxidation sites excluding steroid dienone is 4. The van der Waals surface area contributed by atoms with Crippen LogP contribution in [0.15, 0.2) is 36.8 Å². The minimum absolute atomic E-state index is 0.0272. The van der Waals surface area contributed by atoms with E-state index in [-0.39, 0.29) is 30.3 Å². The summed E-state index contributed by atoms with van der Waals surface area (Å²) in [5, 5.41) is 6.01. The second-order valence-electron chi connectivity index (χ2n) is 12.0. The highest BCUT2D eigenvalue weighted by Gasteiger charge is 2.41. The highest BCUT2D eigenvalue weighted by atomic mass is 16.2. The molecule has 1 aliphatic heterocycles. The first-order valence-electron chi connectivity index (χ1n) is 17.1. The van der Waals surface area contributed by atoms with Crippen molar-refractivity contribution in [2.45, 2.75) is 134 Å². The van der Waals surface area contributed by atoms with E-state index in [1.165, 1.54) is 38.5 Å². The van der Waals surface area contributed by atoms with Crippen molar-refractivity contribution in [2.75, 3.05) is 19.6 Å². The van der Waals surface area contributed by atoms with Crippen LogP contribution in [0.2, 0.25) is 0 Å². The van der Waals surface area contributed by atoms with E-state index < -0.39 is 12.1 Å². The Morgan fingerprint density at radius 2 is 1.75 bits per heavy atom. The summed E-state index contributed by atoms with van der Waals surface area (Å²) in [5.74, 6) is -0.501. The number of aromatic amines is 1. The first kappa shape index (κ1) is 37.2. The topological polar surface area (TPSA) is 159 Å². The average molecular weight is 614 g/mol. The molecule has 44 heavy (non-hydrogen) atoms. The summed E-state index contributed by atoms with van der Waals surface area (Å²) < 4.78 is 0. The van der Waals surface area contributed by atoms with E-state index in [1.54, 1.807) is 17.4 Å². The molecule has 0 aromatic carbocycles. The largest absolute Gasteiger partial charge is 0.354 e. The Kier molecular flexibility index (Phi) is 19.8. The number of likely N-dealkylation sites (tertiary alicyclic amines) is 1. The van der Waals surface area contributed by atoms with Gasteiger partial charge in [-0.3, -0.25) is 14.4 Å². The summed E-state index contributed by atoms with van der Waals surface area (Å²) in [6.07, 6.45) is 28.4. The van der Waals surface area contributed by atoms with E-state index in [2.05, 4.69) is 51.8 Å². The van der Waals surface area contributed by atoms with Crippen molar-refractivity contribution in [3.8, 4) is 0 Å². The standard InChI is InChI=1S/C34H59N7O3/c1-2-3-4-5-6-7-8-9-10-11-12-13-14-15-16-20-32(42)40-29-24-31(33(43)38-23-21-28-25-37-27-39-28)41(26-29)34(44)30(36)19-17-18-22-35/h6-7,9-10,25,27,29-31H,2-5,8,11-24,26,35-36H2,1H3,(H,37,39)(H,38,43)(H,40,42)/t29-,30+,31-/m0/s1. The summed E-state index contributed by atoms with van der Waals surface area (Å²) in [6, 6.07) is -1.63. The molecule has 0 saturated carbocycles. The average Bonchev–Trinajstić information content (AvgIpc) is 3.69. The molecule has 1 aliphatic rings. The molecule has 1 saturated heterocycles. The van der Waals surface area contributed by atoms with Crippen molar-refractivity contribution < 1.29 is 14.4 Å². The number of carbonyl (C=O) groups is 3. The number of imidazole rings is 1. The Morgan fingerprint density at radius 3 is 2.45 bits per heavy atom. The number of aromatic nitrogens is 2. The third-order valence-electron chi connectivity index (χ3n) is 8.14. The Morgan fingerprint density at radius 1 is 1.02 bits per heavy atom. The molecule has 7 N–H and O–H groups in total. The minimum atomic E-state index is -0.691. The van der Waals surface area contributed by atoms with Gasteiger partial charge in [0, 0.05) is 43.9 Å². The molecular weight excluding hydrogens is 554 g/mol. The first-order chi connectivity index (χ1) is 21.5. The van der Waals surface area contributed by atoms with E-state index in [4.69, 9.17) is 11.5 Å². The van der Waals surface area contributed by atoms with Crippen LogP contribution in [0.3, 0.4) is 0 Å². The highest BCUT2D eigenvalue weighted by Crippen LogP contribution is 2.21. The van der Waals surface area contributed by atoms with Gasteiger partial charge < -0.3 is 32.0 Å². The first-order valence-corrected chi connectivity index (χ1v) is 17.1. The number of H-pyrrole nitrogens is 1. The number of hydrogen-bond donors (Lipinski definition) is 5. The van der Waals surface area contributed by atoms with Crippen LogP contribution < -0.4 is 22.1 Å². The van der Waals surface area contributed by atoms with Crippen LogP contribution in [0.1, 0.15) is 115 Å². The van der Waals surface area contributed by atoms with Crippen LogP contribution in [0.25, 0.3) is 0 Å². The Hall–Kier alpha value is -2.98. The predicted octanol–water partition coefficient (Wildman–Crippen LogP) is 4.42. The molecule has 0 radical (unpaired) electrons. The lowest BCUT2D eigenvalue weighted by molar-refractivity contribution is -0.139. The number of amides is 3. The summed E-state index contributed by atoms with van der Waals surface area (Å²) in [6.45, 7) is 3.49. The van der Waals surface area contributed by atoms with Crippen molar-refractivity contribution in [2.24, 2.45) is 11.5 Å². The molecule has 248 valence electrons. The van der Waals surface area contributed by atoms with Gasteiger partial charge in [-0.15, -0.1) is 0 Å². The van der Waals surface area contributed by atoms with Crippen LogP contribution in [0, 0.1) is 0 Å². The molecule has 0 unspecified atom stereocenters. The maximum Gasteiger partial charge on any atom is 0.242 e. The summed E-state index contributed by atoms with van der Waals surface area (Å²) in [5.41, 5.74) is 12.7. The van der Waals surface area contributed by atoms with Gasteiger partial charge in [0.2, 0.25) is 17.7 Å². The number of rotatable bonds is 24. The number of hydrogen-bond acceptors (Lipinski definition) is 6. The quantitative estimate of drug-likeness (QED) is 0.0857. The smallest absolute Gasteiger partial charge is 0.242 e. The zero-order valence-electron chi connectivity index (χ0n) is 27.1. The molecule has 1 aromatic heterocycles. The zero-order chi connectivity index (χ0) is 31.8. The van der Waals surface area contributed by atoms with E-state index in [9.17, 15) is 14.4 Å². The monoisotopic (exact) mass is 613 g/mol. The summed E-state index contributed by atoms with van der Waals surface area (Å²) >= 11 is 0. The third-order valence-corrected chi connectivity index (χ3v) is 8.14. The molecule has 0 spiro atoms. The number of nitrogens with zero attached hydrogens (tertiary/aromatic N) is 2. The molecule has 0 bridgehead atoms. The van der Waals surface area contributed by atoms with Crippen molar-refractivity contribution in [1.82, 2.24) is 25.5 Å². The van der Waals surface area contributed by atoms with Gasteiger partial charge in [0.25, 0.3) is 0 Å². The second-order valence-corrected chi connectivity index (χ2v) is 12.0. The van der Waals surface area contributed by atoms with Crippen LogP contribution in [-0.2, 0) is 20.8 Å². The van der Waals surface area contributed by atoms with Gasteiger partial charge in [-0.2, -0.15) is 0 Å². The molecule has 2 rings (SSSR count). The number of carbonyl (C=O) groups excluding carboxylic acids is 3. The van der Waals surface area contributed by atoms with Gasteiger partial charge >= 0.3 is 0 Å². The minimum Gasteiger partial charge on any atom is -0.354 e. The number of unbranched alkanes of at least 4 members (excludes halogenated alkanes) is 9. The molecule has 2 heterocycles. The zero-order valence-corrected chi connectivity index (χ0v) is 27.1. The van der Waals surface area contributed by atoms with Crippen LogP contribution in [0.4, 0.5) is 0 Å². The number of nitrogens with one attached hydrogen (secondary N) is 3. The normalized spacial score (nSPS) is 17.5. The third kappa shape index (κ3) is 15.7. The van der Waals surface area contributed by atoms with E-state index >= 15 is 0 Å². The molecule has 1 aromatic rings. The van der Waals surface area contributed by atoms with E-state index in [1.807, 2.05) is 0 Å². The SMILES string of the molecule is CCCCCC=CCC=CCCCCCCCC(=O)N[C@H]1C[C@@H](C(=O)NCCc2cnc[nH]2)N(C(=O)[C@H](N)CCCCN)C1. The highest BCUT2D eigenvalue weighted by molar-refractivity contribution is 5.90. The fraction of sp³-hybridized carbons (Fsp3) is 0.706. The predicted molar refractivity (Wildman–Crippen MR) is 178 cm³/mol. The summed E-state index contributed by atoms with van der Waals surface area (Å²) in [4.78, 5) is 47.6. The van der Waals surface area contributed by atoms with Gasteiger partial charge in [-0.25, -0.2) is 4.98 Å². The van der Waals surface area contributed by atoms with E-state index in [0.29, 0.717) is 38.8 Å². The molecule has 3 atom stereocenters. The van der Waals surface area contributed by atoms with Crippen molar-refractivity contribution >= 4 is 17.7 Å². The van der Waals surface area contributed by atoms with E-state index in [0.717, 1.165) is 50.6 Å². The number of nitrogens with two attached hydrogens (primary N) is 2. The van der Waals surface area contributed by atoms with Gasteiger partial charge in [-0.05, 0) is 64.3 Å². The fourth-order valence-electron chi connectivity index (χ4n) is 5.53. The van der Waals surface area contributed by atoms with Gasteiger partial charge in [0.15, 0.2) is 0 Å². The molecule has 10 heteroatoms. The van der Waals surface area contributed by atoms with Crippen LogP contribution in [0.5, 0.6) is 0 Å². The Balaban J connectivity index is 1.69. The molecular formula is C34H59N7O3.